The van der Waals surface area contributed by atoms with Gasteiger partial charge in [0.2, 0.25) is 0 Å². The van der Waals surface area contributed by atoms with E-state index in [1.807, 2.05) is 6.08 Å². The highest BCUT2D eigenvalue weighted by Gasteiger charge is 2.50. The van der Waals surface area contributed by atoms with E-state index in [4.69, 9.17) is 0 Å². The first-order valence-corrected chi connectivity index (χ1v) is 13.3. The maximum absolute atomic E-state index is 11.7. The van der Waals surface area contributed by atoms with Gasteiger partial charge >= 0.3 is 11.9 Å². The average Bonchev–Trinajstić information content (AvgIpc) is 2.80. The number of aliphatic carboxylic acids is 3. The maximum atomic E-state index is 11.7. The molecule has 0 aliphatic heterocycles. The average molecular weight is 484 g/mol. The molecule has 0 saturated carbocycles. The van der Waals surface area contributed by atoms with Crippen molar-refractivity contribution in [3.63, 3.8) is 0 Å². The second-order valence-corrected chi connectivity index (χ2v) is 9.70. The molecule has 0 aromatic rings. The van der Waals surface area contributed by atoms with Crippen molar-refractivity contribution >= 4 is 17.9 Å². The minimum atomic E-state index is -1.45. The van der Waals surface area contributed by atoms with E-state index >= 15 is 0 Å². The van der Waals surface area contributed by atoms with E-state index in [1.54, 1.807) is 6.08 Å². The Morgan fingerprint density at radius 1 is 0.676 bits per heavy atom. The summed E-state index contributed by atoms with van der Waals surface area (Å²) in [7, 11) is 0. The van der Waals surface area contributed by atoms with Crippen LogP contribution in [0, 0.1) is 0 Å². The summed E-state index contributed by atoms with van der Waals surface area (Å²) in [6.45, 7) is 6.30. The van der Waals surface area contributed by atoms with Crippen LogP contribution >= 0.6 is 0 Å². The largest absolute Gasteiger partial charge is 0.544 e. The molecule has 3 atom stereocenters. The van der Waals surface area contributed by atoms with Gasteiger partial charge in [-0.1, -0.05) is 90.0 Å². The summed E-state index contributed by atoms with van der Waals surface area (Å²) in [5.74, 6) is -3.91. The molecule has 0 aromatic carbocycles. The van der Waals surface area contributed by atoms with E-state index in [0.29, 0.717) is 0 Å². The molecule has 0 spiro atoms. The van der Waals surface area contributed by atoms with Crippen LogP contribution in [-0.4, -0.2) is 57.3 Å². The van der Waals surface area contributed by atoms with Crippen molar-refractivity contribution in [2.75, 3.05) is 6.54 Å². The van der Waals surface area contributed by atoms with Crippen molar-refractivity contribution < 1.29 is 34.2 Å². The molecule has 198 valence electrons. The first-order chi connectivity index (χ1) is 16.1. The molecule has 7 heteroatoms. The minimum Gasteiger partial charge on any atom is -0.544 e. The number of carbonyl (C=O) groups excluding carboxylic acids is 1. The van der Waals surface area contributed by atoms with Crippen LogP contribution in [-0.2, 0) is 14.4 Å². The van der Waals surface area contributed by atoms with E-state index in [2.05, 4.69) is 6.92 Å². The van der Waals surface area contributed by atoms with Gasteiger partial charge in [-0.3, -0.25) is 4.48 Å². The summed E-state index contributed by atoms with van der Waals surface area (Å²) in [4.78, 5) is 35.1. The highest BCUT2D eigenvalue weighted by molar-refractivity contribution is 5.77. The van der Waals surface area contributed by atoms with Crippen LogP contribution in [0.3, 0.4) is 0 Å². The summed E-state index contributed by atoms with van der Waals surface area (Å²) in [5.41, 5.74) is 0. The van der Waals surface area contributed by atoms with Crippen LogP contribution in [0.25, 0.3) is 0 Å². The Kier molecular flexibility index (Phi) is 17.4. The SMILES string of the molecule is CCCCCCCCCCCCCCC/C=C/C[N+](C(C)C(=O)[O-])(C(C)C(=O)O)C(C)C(=O)O. The number of rotatable bonds is 22. The summed E-state index contributed by atoms with van der Waals surface area (Å²) in [6.07, 6.45) is 21.1. The minimum absolute atomic E-state index is 0.00846. The van der Waals surface area contributed by atoms with Gasteiger partial charge in [-0.15, -0.1) is 0 Å². The number of hydrogen-bond acceptors (Lipinski definition) is 4. The fourth-order valence-electron chi connectivity index (χ4n) is 4.74. The van der Waals surface area contributed by atoms with Crippen LogP contribution < -0.4 is 5.11 Å². The number of hydrogen-bond donors (Lipinski definition) is 2. The number of carboxylic acid groups (broad SMARTS) is 3. The van der Waals surface area contributed by atoms with E-state index in [0.717, 1.165) is 19.3 Å². The van der Waals surface area contributed by atoms with Gasteiger partial charge in [-0.05, 0) is 39.7 Å². The van der Waals surface area contributed by atoms with E-state index in [-0.39, 0.29) is 6.54 Å². The molecule has 0 saturated heterocycles. The van der Waals surface area contributed by atoms with Gasteiger partial charge in [0.05, 0.1) is 12.5 Å². The van der Waals surface area contributed by atoms with E-state index in [1.165, 1.54) is 91.4 Å². The number of allylic oxidation sites excluding steroid dienone is 1. The van der Waals surface area contributed by atoms with Crippen molar-refractivity contribution in [1.29, 1.82) is 0 Å². The standard InChI is InChI=1S/C27H49NO6/c1-5-6-7-8-9-10-11-12-13-14-15-16-17-18-19-20-21-28(22(2)25(29)30,23(3)26(31)32)24(4)27(33)34/h19-20,22-24H,5-18,21H2,1-4H3,(H2-,29,30,31,32,33,34)/b20-19+. The lowest BCUT2D eigenvalue weighted by molar-refractivity contribution is -0.964. The molecule has 7 nitrogen and oxygen atoms in total. The summed E-state index contributed by atoms with van der Waals surface area (Å²) in [5, 5.41) is 30.8. The molecule has 0 radical (unpaired) electrons. The van der Waals surface area contributed by atoms with Crippen LogP contribution in [0.1, 0.15) is 118 Å². The van der Waals surface area contributed by atoms with Gasteiger partial charge in [0.15, 0.2) is 12.1 Å². The highest BCUT2D eigenvalue weighted by Crippen LogP contribution is 2.26. The zero-order valence-corrected chi connectivity index (χ0v) is 22.0. The number of carbonyl (C=O) groups is 3. The zero-order valence-electron chi connectivity index (χ0n) is 22.0. The second-order valence-electron chi connectivity index (χ2n) is 9.70. The molecular formula is C27H49NO6. The molecule has 0 aromatic heterocycles. The molecule has 0 heterocycles. The topological polar surface area (TPSA) is 115 Å². The third-order valence-electron chi connectivity index (χ3n) is 7.28. The van der Waals surface area contributed by atoms with Crippen molar-refractivity contribution in [1.82, 2.24) is 0 Å². The number of unbranched alkanes of at least 4 members (excludes halogenated alkanes) is 13. The molecule has 0 aliphatic rings. The van der Waals surface area contributed by atoms with Crippen molar-refractivity contribution in [3.05, 3.63) is 12.2 Å². The third-order valence-corrected chi connectivity index (χ3v) is 7.28. The van der Waals surface area contributed by atoms with E-state index < -0.39 is 40.5 Å². The van der Waals surface area contributed by atoms with Crippen LogP contribution in [0.15, 0.2) is 12.2 Å². The molecule has 0 aliphatic carbocycles. The molecule has 0 fully saturated rings. The molecule has 34 heavy (non-hydrogen) atoms. The summed E-state index contributed by atoms with van der Waals surface area (Å²) < 4.78 is -0.623. The van der Waals surface area contributed by atoms with Gasteiger partial charge in [0.1, 0.15) is 6.04 Å². The quantitative estimate of drug-likeness (QED) is 0.128. The van der Waals surface area contributed by atoms with Gasteiger partial charge in [-0.2, -0.15) is 0 Å². The van der Waals surface area contributed by atoms with Crippen LogP contribution in [0.2, 0.25) is 0 Å². The molecule has 0 rings (SSSR count). The molecule has 0 bridgehead atoms. The number of carboxylic acids is 3. The first-order valence-electron chi connectivity index (χ1n) is 13.3. The Morgan fingerprint density at radius 3 is 1.41 bits per heavy atom. The van der Waals surface area contributed by atoms with Gasteiger partial charge in [0, 0.05) is 0 Å². The number of nitrogens with zero attached hydrogens (tertiary/aromatic N) is 1. The molecule has 2 N–H and O–H groups in total. The smallest absolute Gasteiger partial charge is 0.362 e. The fraction of sp³-hybridized carbons (Fsp3) is 0.815. The van der Waals surface area contributed by atoms with Crippen molar-refractivity contribution in [2.45, 2.75) is 136 Å². The maximum Gasteiger partial charge on any atom is 0.362 e. The summed E-state index contributed by atoms with van der Waals surface area (Å²) in [6, 6.07) is -3.70. The number of quaternary nitrogens is 1. The lowest BCUT2D eigenvalue weighted by Crippen LogP contribution is -2.71. The predicted molar refractivity (Wildman–Crippen MR) is 133 cm³/mol. The Labute approximate surface area is 206 Å². The molecular weight excluding hydrogens is 434 g/mol. The van der Waals surface area contributed by atoms with Crippen LogP contribution in [0.5, 0.6) is 0 Å². The zero-order chi connectivity index (χ0) is 26.0. The van der Waals surface area contributed by atoms with Crippen molar-refractivity contribution in [2.24, 2.45) is 0 Å². The highest BCUT2D eigenvalue weighted by atomic mass is 16.4. The predicted octanol–water partition coefficient (Wildman–Crippen LogP) is 4.93. The monoisotopic (exact) mass is 483 g/mol. The van der Waals surface area contributed by atoms with Gasteiger partial charge < -0.3 is 20.1 Å². The lowest BCUT2D eigenvalue weighted by Gasteiger charge is -2.48. The second kappa shape index (κ2) is 18.4. The Hall–Kier alpha value is -1.89. The van der Waals surface area contributed by atoms with Gasteiger partial charge in [-0.25, -0.2) is 9.59 Å². The Bertz CT molecular complexity index is 568. The normalized spacial score (nSPS) is 16.1. The third kappa shape index (κ3) is 11.5. The first kappa shape index (κ1) is 32.1. The van der Waals surface area contributed by atoms with Gasteiger partial charge in [0.25, 0.3) is 0 Å². The van der Waals surface area contributed by atoms with Crippen molar-refractivity contribution in [3.8, 4) is 0 Å². The molecule has 0 amide bonds. The Morgan fingerprint density at radius 2 is 1.06 bits per heavy atom. The summed E-state index contributed by atoms with van der Waals surface area (Å²) >= 11 is 0. The lowest BCUT2D eigenvalue weighted by atomic mass is 10.0. The fourth-order valence-corrected chi connectivity index (χ4v) is 4.74. The Balaban J connectivity index is 4.43. The van der Waals surface area contributed by atoms with E-state index in [9.17, 15) is 29.7 Å². The molecule has 3 unspecified atom stereocenters. The van der Waals surface area contributed by atoms with Crippen LogP contribution in [0.4, 0.5) is 0 Å².